The second-order valence-corrected chi connectivity index (χ2v) is 6.71. The zero-order valence-electron chi connectivity index (χ0n) is 16.7. The van der Waals surface area contributed by atoms with Crippen LogP contribution in [0.25, 0.3) is 12.2 Å². The summed E-state index contributed by atoms with van der Waals surface area (Å²) in [4.78, 5) is 34.1. The molecular weight excluding hydrogens is 432 g/mol. The van der Waals surface area contributed by atoms with E-state index in [0.717, 1.165) is 12.1 Å². The predicted octanol–water partition coefficient (Wildman–Crippen LogP) is 4.78. The highest BCUT2D eigenvalue weighted by Gasteiger charge is 2.16. The highest BCUT2D eigenvalue weighted by Crippen LogP contribution is 2.36. The van der Waals surface area contributed by atoms with Crippen LogP contribution in [0.2, 0.25) is 0 Å². The van der Waals surface area contributed by atoms with Gasteiger partial charge in [-0.15, -0.1) is 5.11 Å². The number of carboxylic acid groups (broad SMARTS) is 3. The molecule has 0 unspecified atom stereocenters. The first-order valence-corrected chi connectivity index (χ1v) is 9.25. The largest absolute Gasteiger partial charge is 0.508 e. The van der Waals surface area contributed by atoms with Gasteiger partial charge in [0.25, 0.3) is 0 Å². The molecule has 0 fully saturated rings. The van der Waals surface area contributed by atoms with Crippen LogP contribution in [0.4, 0.5) is 11.4 Å². The van der Waals surface area contributed by atoms with Gasteiger partial charge in [0.05, 0.1) is 22.4 Å². The number of azo groups is 1. The third-order valence-electron chi connectivity index (χ3n) is 4.43. The van der Waals surface area contributed by atoms with Gasteiger partial charge in [0.15, 0.2) is 0 Å². The normalized spacial score (nSPS) is 11.2. The SMILES string of the molecule is O=C(O)c1cccc(C=Cc2ccc(N=Nc3c(O)cc(O)cc3C(=O)O)cc2C(=O)O)c1. The first kappa shape index (κ1) is 22.7. The van der Waals surface area contributed by atoms with Gasteiger partial charge in [-0.2, -0.15) is 5.11 Å². The standard InChI is InChI=1S/C23H16N2O8/c26-16-10-18(23(32)33)20(19(27)11-16)25-24-15-7-6-13(17(9-15)22(30)31)5-4-12-2-1-3-14(8-12)21(28)29/h1-11,26-27H,(H,28,29)(H,30,31)(H,32,33). The van der Waals surface area contributed by atoms with E-state index in [-0.39, 0.29) is 16.8 Å². The lowest BCUT2D eigenvalue weighted by Gasteiger charge is -2.05. The van der Waals surface area contributed by atoms with Crippen LogP contribution < -0.4 is 0 Å². The summed E-state index contributed by atoms with van der Waals surface area (Å²) in [7, 11) is 0. The summed E-state index contributed by atoms with van der Waals surface area (Å²) in [6.45, 7) is 0. The number of carbonyl (C=O) groups is 3. The van der Waals surface area contributed by atoms with Crippen molar-refractivity contribution >= 4 is 41.4 Å². The van der Waals surface area contributed by atoms with Gasteiger partial charge in [-0.3, -0.25) is 0 Å². The smallest absolute Gasteiger partial charge is 0.338 e. The van der Waals surface area contributed by atoms with Gasteiger partial charge in [0.2, 0.25) is 0 Å². The molecule has 0 amide bonds. The molecular formula is C23H16N2O8. The zero-order valence-corrected chi connectivity index (χ0v) is 16.7. The molecule has 0 radical (unpaired) electrons. The second-order valence-electron chi connectivity index (χ2n) is 6.71. The fraction of sp³-hybridized carbons (Fsp3) is 0. The molecule has 0 saturated heterocycles. The molecule has 3 rings (SSSR count). The summed E-state index contributed by atoms with van der Waals surface area (Å²) in [5.41, 5.74) is -0.00602. The third kappa shape index (κ3) is 5.39. The maximum Gasteiger partial charge on any atom is 0.338 e. The van der Waals surface area contributed by atoms with Gasteiger partial charge in [-0.25, -0.2) is 14.4 Å². The fourth-order valence-electron chi connectivity index (χ4n) is 2.88. The summed E-state index contributed by atoms with van der Waals surface area (Å²) in [5.74, 6) is -4.88. The minimum absolute atomic E-state index is 0.0706. The van der Waals surface area contributed by atoms with E-state index in [1.165, 1.54) is 36.4 Å². The lowest BCUT2D eigenvalue weighted by atomic mass is 10.0. The number of hydrogen-bond acceptors (Lipinski definition) is 7. The Labute approximate surface area is 186 Å². The van der Waals surface area contributed by atoms with Gasteiger partial charge < -0.3 is 25.5 Å². The highest BCUT2D eigenvalue weighted by atomic mass is 16.4. The Hall–Kier alpha value is -4.99. The van der Waals surface area contributed by atoms with E-state index < -0.39 is 40.7 Å². The topological polar surface area (TPSA) is 177 Å². The van der Waals surface area contributed by atoms with Crippen molar-refractivity contribution in [2.24, 2.45) is 10.2 Å². The fourth-order valence-corrected chi connectivity index (χ4v) is 2.88. The van der Waals surface area contributed by atoms with Crippen molar-refractivity contribution in [2.75, 3.05) is 0 Å². The molecule has 0 aliphatic carbocycles. The van der Waals surface area contributed by atoms with Gasteiger partial charge in [0, 0.05) is 6.07 Å². The Morgan fingerprint density at radius 1 is 0.727 bits per heavy atom. The highest BCUT2D eigenvalue weighted by molar-refractivity contribution is 5.96. The molecule has 0 aliphatic rings. The molecule has 0 bridgehead atoms. The van der Waals surface area contributed by atoms with E-state index in [1.807, 2.05) is 0 Å². The molecule has 0 aromatic heterocycles. The van der Waals surface area contributed by atoms with E-state index in [0.29, 0.717) is 11.1 Å². The third-order valence-corrected chi connectivity index (χ3v) is 4.43. The molecule has 0 saturated carbocycles. The second kappa shape index (κ2) is 9.43. The van der Waals surface area contributed by atoms with Crippen molar-refractivity contribution in [1.82, 2.24) is 0 Å². The maximum absolute atomic E-state index is 11.7. The van der Waals surface area contributed by atoms with E-state index in [1.54, 1.807) is 18.2 Å². The molecule has 10 heteroatoms. The first-order valence-electron chi connectivity index (χ1n) is 9.25. The number of carboxylic acids is 3. The van der Waals surface area contributed by atoms with E-state index in [9.17, 15) is 34.8 Å². The number of nitrogens with zero attached hydrogens (tertiary/aromatic N) is 2. The van der Waals surface area contributed by atoms with Crippen molar-refractivity contribution in [1.29, 1.82) is 0 Å². The number of rotatable bonds is 7. The molecule has 5 N–H and O–H groups in total. The molecule has 3 aromatic carbocycles. The van der Waals surface area contributed by atoms with Gasteiger partial charge in [-0.1, -0.05) is 30.4 Å². The average Bonchev–Trinajstić information content (AvgIpc) is 2.76. The summed E-state index contributed by atoms with van der Waals surface area (Å²) in [6.07, 6.45) is 3.06. The van der Waals surface area contributed by atoms with Crippen molar-refractivity contribution in [3.8, 4) is 11.5 Å². The van der Waals surface area contributed by atoms with Gasteiger partial charge >= 0.3 is 17.9 Å². The van der Waals surface area contributed by atoms with Crippen molar-refractivity contribution in [3.63, 3.8) is 0 Å². The quantitative estimate of drug-likeness (QED) is 0.253. The van der Waals surface area contributed by atoms with Crippen LogP contribution in [0.3, 0.4) is 0 Å². The number of phenols is 2. The van der Waals surface area contributed by atoms with Gasteiger partial charge in [0.1, 0.15) is 17.2 Å². The molecule has 3 aromatic rings. The number of hydrogen-bond donors (Lipinski definition) is 5. The van der Waals surface area contributed by atoms with Gasteiger partial charge in [-0.05, 0) is 41.5 Å². The predicted molar refractivity (Wildman–Crippen MR) is 117 cm³/mol. The number of benzene rings is 3. The lowest BCUT2D eigenvalue weighted by Crippen LogP contribution is -1.99. The lowest BCUT2D eigenvalue weighted by molar-refractivity contribution is 0.0686. The zero-order chi connectivity index (χ0) is 24.1. The van der Waals surface area contributed by atoms with E-state index in [4.69, 9.17) is 5.11 Å². The average molecular weight is 448 g/mol. The van der Waals surface area contributed by atoms with Crippen LogP contribution in [-0.4, -0.2) is 43.4 Å². The molecule has 0 heterocycles. The van der Waals surface area contributed by atoms with Crippen LogP contribution >= 0.6 is 0 Å². The number of aromatic carboxylic acids is 3. The van der Waals surface area contributed by atoms with Crippen LogP contribution in [0, 0.1) is 0 Å². The number of aromatic hydroxyl groups is 2. The summed E-state index contributed by atoms with van der Waals surface area (Å²) >= 11 is 0. The Morgan fingerprint density at radius 2 is 1.45 bits per heavy atom. The monoisotopic (exact) mass is 448 g/mol. The molecule has 0 atom stereocenters. The Balaban J connectivity index is 1.94. The maximum atomic E-state index is 11.7. The van der Waals surface area contributed by atoms with Crippen LogP contribution in [0.15, 0.2) is 64.8 Å². The minimum Gasteiger partial charge on any atom is -0.508 e. The molecule has 10 nitrogen and oxygen atoms in total. The van der Waals surface area contributed by atoms with Crippen LogP contribution in [0.5, 0.6) is 11.5 Å². The van der Waals surface area contributed by atoms with Crippen molar-refractivity contribution in [2.45, 2.75) is 0 Å². The van der Waals surface area contributed by atoms with Crippen molar-refractivity contribution < 1.29 is 39.9 Å². The Bertz CT molecular complexity index is 1330. The number of phenolic OH excluding ortho intramolecular Hbond substituents is 2. The Kier molecular flexibility index (Phi) is 6.49. The van der Waals surface area contributed by atoms with Crippen molar-refractivity contribution in [3.05, 3.63) is 82.4 Å². The molecule has 0 spiro atoms. The first-order chi connectivity index (χ1) is 15.7. The summed E-state index contributed by atoms with van der Waals surface area (Å²) < 4.78 is 0. The minimum atomic E-state index is -1.45. The summed E-state index contributed by atoms with van der Waals surface area (Å²) in [5, 5.41) is 54.7. The molecule has 33 heavy (non-hydrogen) atoms. The molecule has 166 valence electrons. The van der Waals surface area contributed by atoms with Crippen LogP contribution in [-0.2, 0) is 0 Å². The van der Waals surface area contributed by atoms with Crippen LogP contribution in [0.1, 0.15) is 42.2 Å². The molecule has 0 aliphatic heterocycles. The van der Waals surface area contributed by atoms with E-state index in [2.05, 4.69) is 10.2 Å². The summed E-state index contributed by atoms with van der Waals surface area (Å²) in [6, 6.07) is 12.0. The Morgan fingerprint density at radius 3 is 2.12 bits per heavy atom. The van der Waals surface area contributed by atoms with E-state index >= 15 is 0 Å².